The highest BCUT2D eigenvalue weighted by atomic mass is 19.1. The Labute approximate surface area is 150 Å². The Hall–Kier alpha value is -3.02. The fourth-order valence-electron chi connectivity index (χ4n) is 2.82. The molecule has 0 saturated heterocycles. The molecule has 1 atom stereocenters. The number of benzene rings is 2. The number of amides is 1. The van der Waals surface area contributed by atoms with Crippen LogP contribution in [0.2, 0.25) is 0 Å². The standard InChI is InChI=1S/C20H19F2N3O/c1-13(15-8-10-16(21)11-9-15)24(3)20(26)17-12-23-25(14(17)2)19-7-5-4-6-18(19)22/h4-13H,1-3H3. The third-order valence-electron chi connectivity index (χ3n) is 4.57. The zero-order chi connectivity index (χ0) is 18.8. The Morgan fingerprint density at radius 3 is 2.42 bits per heavy atom. The van der Waals surface area contributed by atoms with Gasteiger partial charge >= 0.3 is 0 Å². The lowest BCUT2D eigenvalue weighted by Crippen LogP contribution is -2.30. The number of aromatic nitrogens is 2. The van der Waals surface area contributed by atoms with Crippen LogP contribution in [0.5, 0.6) is 0 Å². The molecule has 3 rings (SSSR count). The third-order valence-corrected chi connectivity index (χ3v) is 4.57. The van der Waals surface area contributed by atoms with Crippen LogP contribution in [0.4, 0.5) is 8.78 Å². The molecule has 1 amide bonds. The van der Waals surface area contributed by atoms with Crippen LogP contribution in [-0.4, -0.2) is 27.6 Å². The summed E-state index contributed by atoms with van der Waals surface area (Å²) >= 11 is 0. The van der Waals surface area contributed by atoms with Crippen LogP contribution in [0, 0.1) is 18.6 Å². The van der Waals surface area contributed by atoms with Crippen molar-refractivity contribution in [1.82, 2.24) is 14.7 Å². The molecule has 2 aromatic carbocycles. The van der Waals surface area contributed by atoms with Gasteiger partial charge in [-0.25, -0.2) is 13.5 Å². The third kappa shape index (κ3) is 3.22. The highest BCUT2D eigenvalue weighted by Gasteiger charge is 2.23. The van der Waals surface area contributed by atoms with Crippen molar-refractivity contribution in [2.24, 2.45) is 0 Å². The Bertz CT molecular complexity index is 934. The predicted molar refractivity (Wildman–Crippen MR) is 95.2 cm³/mol. The number of hydrogen-bond donors (Lipinski definition) is 0. The zero-order valence-corrected chi connectivity index (χ0v) is 14.8. The van der Waals surface area contributed by atoms with E-state index >= 15 is 0 Å². The van der Waals surface area contributed by atoms with Crippen molar-refractivity contribution in [2.75, 3.05) is 7.05 Å². The average molecular weight is 355 g/mol. The first-order valence-electron chi connectivity index (χ1n) is 8.22. The Kier molecular flexibility index (Phi) is 4.84. The Morgan fingerprint density at radius 2 is 1.77 bits per heavy atom. The number of nitrogens with zero attached hydrogens (tertiary/aromatic N) is 3. The largest absolute Gasteiger partial charge is 0.335 e. The van der Waals surface area contributed by atoms with Gasteiger partial charge in [-0.2, -0.15) is 5.10 Å². The first kappa shape index (κ1) is 17.8. The normalized spacial score (nSPS) is 12.0. The van der Waals surface area contributed by atoms with Crippen molar-refractivity contribution in [3.63, 3.8) is 0 Å². The molecule has 3 aromatic rings. The van der Waals surface area contributed by atoms with Gasteiger partial charge in [-0.05, 0) is 43.7 Å². The lowest BCUT2D eigenvalue weighted by atomic mass is 10.1. The minimum atomic E-state index is -0.411. The van der Waals surface area contributed by atoms with Crippen molar-refractivity contribution >= 4 is 5.91 Å². The summed E-state index contributed by atoms with van der Waals surface area (Å²) in [5.41, 5.74) is 2.06. The van der Waals surface area contributed by atoms with Gasteiger partial charge in [-0.3, -0.25) is 4.79 Å². The van der Waals surface area contributed by atoms with Crippen LogP contribution in [0.15, 0.2) is 54.7 Å². The SMILES string of the molecule is Cc1c(C(=O)N(C)C(C)c2ccc(F)cc2)cnn1-c1ccccc1F. The maximum absolute atomic E-state index is 14.0. The Balaban J connectivity index is 1.88. The molecular weight excluding hydrogens is 336 g/mol. The molecule has 1 heterocycles. The highest BCUT2D eigenvalue weighted by Crippen LogP contribution is 2.23. The summed E-state index contributed by atoms with van der Waals surface area (Å²) in [7, 11) is 1.68. The van der Waals surface area contributed by atoms with Gasteiger partial charge in [-0.1, -0.05) is 24.3 Å². The van der Waals surface area contributed by atoms with E-state index in [2.05, 4.69) is 5.10 Å². The first-order chi connectivity index (χ1) is 12.4. The molecule has 0 saturated carbocycles. The monoisotopic (exact) mass is 355 g/mol. The second kappa shape index (κ2) is 7.07. The molecule has 0 bridgehead atoms. The molecular formula is C20H19F2N3O. The molecule has 0 N–H and O–H groups in total. The maximum Gasteiger partial charge on any atom is 0.257 e. The second-order valence-corrected chi connectivity index (χ2v) is 6.15. The van der Waals surface area contributed by atoms with E-state index in [0.29, 0.717) is 16.9 Å². The summed E-state index contributed by atoms with van der Waals surface area (Å²) in [4.78, 5) is 14.4. The molecule has 134 valence electrons. The van der Waals surface area contributed by atoms with E-state index in [1.807, 2.05) is 6.92 Å². The smallest absolute Gasteiger partial charge is 0.257 e. The van der Waals surface area contributed by atoms with E-state index in [9.17, 15) is 13.6 Å². The van der Waals surface area contributed by atoms with Gasteiger partial charge in [-0.15, -0.1) is 0 Å². The molecule has 6 heteroatoms. The van der Waals surface area contributed by atoms with Crippen molar-refractivity contribution in [3.8, 4) is 5.69 Å². The van der Waals surface area contributed by atoms with E-state index in [1.165, 1.54) is 29.1 Å². The molecule has 0 spiro atoms. The lowest BCUT2D eigenvalue weighted by molar-refractivity contribution is 0.0742. The van der Waals surface area contributed by atoms with Crippen LogP contribution >= 0.6 is 0 Å². The van der Waals surface area contributed by atoms with Gasteiger partial charge in [0.1, 0.15) is 17.3 Å². The van der Waals surface area contributed by atoms with E-state index in [0.717, 1.165) is 5.56 Å². The molecule has 0 aliphatic heterocycles. The minimum Gasteiger partial charge on any atom is -0.335 e. The molecule has 1 aromatic heterocycles. The highest BCUT2D eigenvalue weighted by molar-refractivity contribution is 5.95. The summed E-state index contributed by atoms with van der Waals surface area (Å²) < 4.78 is 28.5. The second-order valence-electron chi connectivity index (χ2n) is 6.15. The van der Waals surface area contributed by atoms with Crippen LogP contribution in [0.3, 0.4) is 0 Å². The molecule has 0 aliphatic carbocycles. The Morgan fingerprint density at radius 1 is 1.12 bits per heavy atom. The molecule has 0 radical (unpaired) electrons. The van der Waals surface area contributed by atoms with Crippen molar-refractivity contribution in [1.29, 1.82) is 0 Å². The van der Waals surface area contributed by atoms with Crippen LogP contribution in [-0.2, 0) is 0 Å². The summed E-state index contributed by atoms with van der Waals surface area (Å²) in [6.07, 6.45) is 1.44. The minimum absolute atomic E-state index is 0.234. The molecule has 0 fully saturated rings. The fourth-order valence-corrected chi connectivity index (χ4v) is 2.82. The number of hydrogen-bond acceptors (Lipinski definition) is 2. The molecule has 1 unspecified atom stereocenters. The number of rotatable bonds is 4. The first-order valence-corrected chi connectivity index (χ1v) is 8.22. The summed E-state index contributed by atoms with van der Waals surface area (Å²) in [6, 6.07) is 12.1. The van der Waals surface area contributed by atoms with Gasteiger partial charge in [0.05, 0.1) is 23.5 Å². The number of para-hydroxylation sites is 1. The van der Waals surface area contributed by atoms with Crippen molar-refractivity contribution in [2.45, 2.75) is 19.9 Å². The van der Waals surface area contributed by atoms with Gasteiger partial charge in [0.15, 0.2) is 0 Å². The van der Waals surface area contributed by atoms with Gasteiger partial charge in [0.25, 0.3) is 5.91 Å². The quantitative estimate of drug-likeness (QED) is 0.700. The molecule has 26 heavy (non-hydrogen) atoms. The van der Waals surface area contributed by atoms with Crippen LogP contribution in [0.25, 0.3) is 5.69 Å². The lowest BCUT2D eigenvalue weighted by Gasteiger charge is -2.25. The predicted octanol–water partition coefficient (Wildman–Crippen LogP) is 4.29. The van der Waals surface area contributed by atoms with Crippen molar-refractivity contribution in [3.05, 3.63) is 83.2 Å². The van der Waals surface area contributed by atoms with Crippen LogP contribution < -0.4 is 0 Å². The van der Waals surface area contributed by atoms with Gasteiger partial charge < -0.3 is 4.90 Å². The van der Waals surface area contributed by atoms with Crippen molar-refractivity contribution < 1.29 is 13.6 Å². The summed E-state index contributed by atoms with van der Waals surface area (Å²) in [5.74, 6) is -0.968. The summed E-state index contributed by atoms with van der Waals surface area (Å²) in [6.45, 7) is 3.59. The van der Waals surface area contributed by atoms with Crippen LogP contribution in [0.1, 0.15) is 34.6 Å². The molecule has 4 nitrogen and oxygen atoms in total. The topological polar surface area (TPSA) is 38.1 Å². The van der Waals surface area contributed by atoms with Gasteiger partial charge in [0.2, 0.25) is 0 Å². The maximum atomic E-state index is 14.0. The zero-order valence-electron chi connectivity index (χ0n) is 14.8. The average Bonchev–Trinajstić information content (AvgIpc) is 3.02. The van der Waals surface area contributed by atoms with E-state index in [-0.39, 0.29) is 17.8 Å². The number of carbonyl (C=O) groups is 1. The number of carbonyl (C=O) groups excluding carboxylic acids is 1. The van der Waals surface area contributed by atoms with Gasteiger partial charge in [0, 0.05) is 7.05 Å². The molecule has 0 aliphatic rings. The fraction of sp³-hybridized carbons (Fsp3) is 0.200. The van der Waals surface area contributed by atoms with E-state index in [1.54, 1.807) is 49.2 Å². The summed E-state index contributed by atoms with van der Waals surface area (Å²) in [5, 5.41) is 4.17. The van der Waals surface area contributed by atoms with E-state index in [4.69, 9.17) is 0 Å². The number of halogens is 2. The van der Waals surface area contributed by atoms with E-state index < -0.39 is 5.82 Å².